The summed E-state index contributed by atoms with van der Waals surface area (Å²) >= 11 is 0. The molecule has 3 N–H and O–H groups in total. The summed E-state index contributed by atoms with van der Waals surface area (Å²) in [6.07, 6.45) is 6.06. The van der Waals surface area contributed by atoms with Crippen LogP contribution >= 0.6 is 0 Å². The maximum absolute atomic E-state index is 11.9. The van der Waals surface area contributed by atoms with Crippen LogP contribution in [0.25, 0.3) is 0 Å². The summed E-state index contributed by atoms with van der Waals surface area (Å²) in [5, 5.41) is 10.4. The maximum Gasteiger partial charge on any atom is 0.271 e. The summed E-state index contributed by atoms with van der Waals surface area (Å²) < 4.78 is 0. The quantitative estimate of drug-likeness (QED) is 0.850. The fraction of sp³-hybridized carbons (Fsp3) is 0.615. The number of nitrogens with zero attached hydrogens (tertiary/aromatic N) is 2. The van der Waals surface area contributed by atoms with Gasteiger partial charge in [0, 0.05) is 6.54 Å². The van der Waals surface area contributed by atoms with Crippen LogP contribution in [0.4, 0.5) is 5.82 Å². The summed E-state index contributed by atoms with van der Waals surface area (Å²) in [6, 6.07) is 3.19. The molecule has 0 spiro atoms. The van der Waals surface area contributed by atoms with Crippen LogP contribution in [0, 0.1) is 5.41 Å². The molecule has 1 aromatic heterocycles. The minimum absolute atomic E-state index is 0.165. The van der Waals surface area contributed by atoms with Crippen molar-refractivity contribution in [1.29, 1.82) is 0 Å². The van der Waals surface area contributed by atoms with Gasteiger partial charge in [-0.15, -0.1) is 10.2 Å². The lowest BCUT2D eigenvalue weighted by Gasteiger charge is -2.27. The Labute approximate surface area is 107 Å². The Morgan fingerprint density at radius 3 is 2.67 bits per heavy atom. The first-order chi connectivity index (χ1) is 8.65. The standard InChI is InChI=1S/C13H20N4O/c1-2-13(7-3-4-8-13)9-15-12(18)10-5-6-11(14)17-16-10/h5-6H,2-4,7-9H2,1H3,(H2,14,17)(H,15,18). The lowest BCUT2D eigenvalue weighted by atomic mass is 9.83. The number of amides is 1. The maximum atomic E-state index is 11.9. The van der Waals surface area contributed by atoms with Gasteiger partial charge in [-0.2, -0.15) is 0 Å². The molecule has 1 fully saturated rings. The van der Waals surface area contributed by atoms with Gasteiger partial charge in [-0.25, -0.2) is 0 Å². The average Bonchev–Trinajstić information content (AvgIpc) is 2.86. The summed E-state index contributed by atoms with van der Waals surface area (Å²) in [5.41, 5.74) is 6.05. The molecule has 0 saturated heterocycles. The van der Waals surface area contributed by atoms with E-state index in [0.717, 1.165) is 13.0 Å². The van der Waals surface area contributed by atoms with E-state index < -0.39 is 0 Å². The van der Waals surface area contributed by atoms with Crippen molar-refractivity contribution in [1.82, 2.24) is 15.5 Å². The molecule has 0 aromatic carbocycles. The fourth-order valence-electron chi connectivity index (χ4n) is 2.60. The van der Waals surface area contributed by atoms with Crippen molar-refractivity contribution in [2.24, 2.45) is 5.41 Å². The number of nitrogens with one attached hydrogen (secondary N) is 1. The molecular weight excluding hydrogens is 228 g/mol. The van der Waals surface area contributed by atoms with E-state index in [1.165, 1.54) is 25.7 Å². The van der Waals surface area contributed by atoms with Crippen molar-refractivity contribution in [3.8, 4) is 0 Å². The number of carbonyl (C=O) groups is 1. The molecule has 18 heavy (non-hydrogen) atoms. The number of nitrogens with two attached hydrogens (primary N) is 1. The fourth-order valence-corrected chi connectivity index (χ4v) is 2.60. The zero-order chi connectivity index (χ0) is 13.0. The third-order valence-corrected chi connectivity index (χ3v) is 3.96. The number of anilines is 1. The van der Waals surface area contributed by atoms with Crippen LogP contribution in [0.15, 0.2) is 12.1 Å². The highest BCUT2D eigenvalue weighted by Crippen LogP contribution is 2.40. The second-order valence-corrected chi connectivity index (χ2v) is 5.09. The van der Waals surface area contributed by atoms with Gasteiger partial charge in [0.05, 0.1) is 0 Å². The number of carbonyl (C=O) groups excluding carboxylic acids is 1. The molecule has 5 heteroatoms. The molecule has 2 rings (SSSR count). The largest absolute Gasteiger partial charge is 0.382 e. The Hall–Kier alpha value is -1.65. The third kappa shape index (κ3) is 2.78. The van der Waals surface area contributed by atoms with Crippen molar-refractivity contribution in [3.05, 3.63) is 17.8 Å². The lowest BCUT2D eigenvalue weighted by molar-refractivity contribution is 0.0923. The van der Waals surface area contributed by atoms with Crippen LogP contribution in [0.2, 0.25) is 0 Å². The number of nitrogen functional groups attached to an aromatic ring is 1. The van der Waals surface area contributed by atoms with Gasteiger partial charge in [-0.1, -0.05) is 19.8 Å². The van der Waals surface area contributed by atoms with E-state index in [0.29, 0.717) is 11.5 Å². The van der Waals surface area contributed by atoms with Crippen LogP contribution in [-0.4, -0.2) is 22.6 Å². The summed E-state index contributed by atoms with van der Waals surface area (Å²) in [7, 11) is 0. The van der Waals surface area contributed by atoms with Crippen LogP contribution in [0.5, 0.6) is 0 Å². The molecule has 1 aliphatic carbocycles. The third-order valence-electron chi connectivity index (χ3n) is 3.96. The minimum atomic E-state index is -0.165. The molecule has 1 amide bonds. The van der Waals surface area contributed by atoms with Gasteiger partial charge in [0.2, 0.25) is 0 Å². The highest BCUT2D eigenvalue weighted by atomic mass is 16.1. The predicted molar refractivity (Wildman–Crippen MR) is 70.0 cm³/mol. The monoisotopic (exact) mass is 248 g/mol. The van der Waals surface area contributed by atoms with Gasteiger partial charge in [0.25, 0.3) is 5.91 Å². The number of hydrogen-bond donors (Lipinski definition) is 2. The van der Waals surface area contributed by atoms with Crippen molar-refractivity contribution >= 4 is 11.7 Å². The zero-order valence-corrected chi connectivity index (χ0v) is 10.8. The molecule has 0 unspecified atom stereocenters. The smallest absolute Gasteiger partial charge is 0.271 e. The molecule has 0 atom stereocenters. The number of hydrogen-bond acceptors (Lipinski definition) is 4. The lowest BCUT2D eigenvalue weighted by Crippen LogP contribution is -2.36. The van der Waals surface area contributed by atoms with E-state index in [9.17, 15) is 4.79 Å². The number of aromatic nitrogens is 2. The highest BCUT2D eigenvalue weighted by molar-refractivity contribution is 5.92. The van der Waals surface area contributed by atoms with Crippen LogP contribution in [-0.2, 0) is 0 Å². The first kappa shape index (κ1) is 12.8. The predicted octanol–water partition coefficient (Wildman–Crippen LogP) is 1.76. The van der Waals surface area contributed by atoms with Crippen LogP contribution < -0.4 is 11.1 Å². The Bertz CT molecular complexity index is 410. The second-order valence-electron chi connectivity index (χ2n) is 5.09. The normalized spacial score (nSPS) is 17.6. The van der Waals surface area contributed by atoms with Crippen molar-refractivity contribution < 1.29 is 4.79 Å². The van der Waals surface area contributed by atoms with Crippen molar-refractivity contribution in [2.75, 3.05) is 12.3 Å². The van der Waals surface area contributed by atoms with E-state index in [4.69, 9.17) is 5.73 Å². The SMILES string of the molecule is CCC1(CNC(=O)c2ccc(N)nn2)CCCC1. The Kier molecular flexibility index (Phi) is 3.79. The first-order valence-corrected chi connectivity index (χ1v) is 6.53. The van der Waals surface area contributed by atoms with Gasteiger partial charge in [-0.3, -0.25) is 4.79 Å². The van der Waals surface area contributed by atoms with Gasteiger partial charge in [0.1, 0.15) is 5.82 Å². The molecule has 1 aliphatic rings. The highest BCUT2D eigenvalue weighted by Gasteiger charge is 2.32. The minimum Gasteiger partial charge on any atom is -0.382 e. The summed E-state index contributed by atoms with van der Waals surface area (Å²) in [6.45, 7) is 2.93. The molecule has 1 aromatic rings. The van der Waals surface area contributed by atoms with Crippen LogP contribution in [0.3, 0.4) is 0 Å². The van der Waals surface area contributed by atoms with E-state index in [1.54, 1.807) is 12.1 Å². The zero-order valence-electron chi connectivity index (χ0n) is 10.8. The molecule has 1 saturated carbocycles. The molecular formula is C13H20N4O. The topological polar surface area (TPSA) is 80.9 Å². The molecule has 1 heterocycles. The van der Waals surface area contributed by atoms with E-state index in [2.05, 4.69) is 22.4 Å². The molecule has 0 radical (unpaired) electrons. The van der Waals surface area contributed by atoms with E-state index >= 15 is 0 Å². The molecule has 0 bridgehead atoms. The Morgan fingerprint density at radius 2 is 2.11 bits per heavy atom. The van der Waals surface area contributed by atoms with Gasteiger partial charge in [0.15, 0.2) is 5.69 Å². The van der Waals surface area contributed by atoms with Gasteiger partial charge in [-0.05, 0) is 36.8 Å². The summed E-state index contributed by atoms with van der Waals surface area (Å²) in [5.74, 6) is 0.162. The average molecular weight is 248 g/mol. The summed E-state index contributed by atoms with van der Waals surface area (Å²) in [4.78, 5) is 11.9. The van der Waals surface area contributed by atoms with E-state index in [1.807, 2.05) is 0 Å². The molecule has 0 aliphatic heterocycles. The second kappa shape index (κ2) is 5.33. The first-order valence-electron chi connectivity index (χ1n) is 6.53. The van der Waals surface area contributed by atoms with Crippen molar-refractivity contribution in [3.63, 3.8) is 0 Å². The number of rotatable bonds is 4. The Balaban J connectivity index is 1.93. The van der Waals surface area contributed by atoms with Gasteiger partial charge < -0.3 is 11.1 Å². The van der Waals surface area contributed by atoms with Crippen LogP contribution in [0.1, 0.15) is 49.5 Å². The molecule has 5 nitrogen and oxygen atoms in total. The van der Waals surface area contributed by atoms with Crippen molar-refractivity contribution in [2.45, 2.75) is 39.0 Å². The van der Waals surface area contributed by atoms with Gasteiger partial charge >= 0.3 is 0 Å². The Morgan fingerprint density at radius 1 is 1.39 bits per heavy atom. The van der Waals surface area contributed by atoms with E-state index in [-0.39, 0.29) is 11.3 Å². The molecule has 98 valence electrons.